The van der Waals surface area contributed by atoms with Crippen LogP contribution in [0, 0.1) is 0 Å². The van der Waals surface area contributed by atoms with Gasteiger partial charge in [-0.05, 0) is 41.5 Å². The largest absolute Gasteiger partial charge is 0.508 e. The van der Waals surface area contributed by atoms with E-state index in [0.717, 1.165) is 12.1 Å². The summed E-state index contributed by atoms with van der Waals surface area (Å²) in [7, 11) is -5.06. The molecular weight excluding hydrogens is 482 g/mol. The number of halogens is 4. The maximum atomic E-state index is 12.9. The second-order valence-electron chi connectivity index (χ2n) is 6.11. The Balaban J connectivity index is 2.58. The standard InChI is InChI=1S/C19H12Cl4O5S/c20-12-4-1-10(2-5-12)19(29(26,27)28,11-3-6-14(21)15(22)7-11)18-16(23)8-13(24)9-17(18)25/h1-9,24-25H,(H,26,27,28). The van der Waals surface area contributed by atoms with Crippen LogP contribution in [0.3, 0.4) is 0 Å². The van der Waals surface area contributed by atoms with Crippen LogP contribution in [-0.4, -0.2) is 23.2 Å². The van der Waals surface area contributed by atoms with Crippen LogP contribution in [0.4, 0.5) is 0 Å². The molecule has 0 amide bonds. The molecule has 0 bridgehead atoms. The minimum atomic E-state index is -5.06. The number of phenolic OH excluding ortho intramolecular Hbond substituents is 2. The SMILES string of the molecule is O=S(=O)(O)C(c1ccc(Cl)cc1)(c1ccc(Cl)c(Cl)c1)c1c(O)cc(O)cc1Cl. The highest BCUT2D eigenvalue weighted by Crippen LogP contribution is 2.51. The normalized spacial score (nSPS) is 13.8. The average molecular weight is 494 g/mol. The second-order valence-corrected chi connectivity index (χ2v) is 9.33. The van der Waals surface area contributed by atoms with E-state index in [1.165, 1.54) is 42.5 Å². The molecule has 5 nitrogen and oxygen atoms in total. The molecule has 0 aromatic heterocycles. The predicted molar refractivity (Wildman–Crippen MR) is 114 cm³/mol. The smallest absolute Gasteiger partial charge is 0.283 e. The molecule has 0 saturated heterocycles. The topological polar surface area (TPSA) is 94.8 Å². The maximum Gasteiger partial charge on any atom is 0.283 e. The summed E-state index contributed by atoms with van der Waals surface area (Å²) < 4.78 is 33.9. The number of hydrogen-bond acceptors (Lipinski definition) is 4. The molecule has 0 aliphatic heterocycles. The molecule has 0 radical (unpaired) electrons. The molecule has 3 N–H and O–H groups in total. The van der Waals surface area contributed by atoms with Crippen LogP contribution in [0.25, 0.3) is 0 Å². The van der Waals surface area contributed by atoms with E-state index in [9.17, 15) is 23.2 Å². The summed E-state index contributed by atoms with van der Waals surface area (Å²) in [5, 5.41) is 20.5. The summed E-state index contributed by atoms with van der Waals surface area (Å²) in [6, 6.07) is 11.4. The van der Waals surface area contributed by atoms with Crippen LogP contribution in [0.1, 0.15) is 16.7 Å². The van der Waals surface area contributed by atoms with E-state index in [2.05, 4.69) is 0 Å². The summed E-state index contributed by atoms with van der Waals surface area (Å²) in [4.78, 5) is 0. The van der Waals surface area contributed by atoms with Crippen molar-refractivity contribution in [2.45, 2.75) is 4.75 Å². The van der Waals surface area contributed by atoms with Gasteiger partial charge in [0.2, 0.25) is 0 Å². The lowest BCUT2D eigenvalue weighted by molar-refractivity contribution is 0.431. The Hall–Kier alpha value is -1.67. The van der Waals surface area contributed by atoms with Crippen molar-refractivity contribution in [2.75, 3.05) is 0 Å². The molecule has 0 heterocycles. The molecule has 0 fully saturated rings. The third kappa shape index (κ3) is 3.77. The van der Waals surface area contributed by atoms with Gasteiger partial charge in [0.05, 0.1) is 15.1 Å². The van der Waals surface area contributed by atoms with Gasteiger partial charge < -0.3 is 10.2 Å². The van der Waals surface area contributed by atoms with E-state index in [4.69, 9.17) is 46.4 Å². The van der Waals surface area contributed by atoms with Crippen molar-refractivity contribution in [3.8, 4) is 11.5 Å². The third-order valence-corrected chi connectivity index (χ3v) is 7.11. The summed E-state index contributed by atoms with van der Waals surface area (Å²) in [5.74, 6) is -1.06. The van der Waals surface area contributed by atoms with Gasteiger partial charge >= 0.3 is 0 Å². The Morgan fingerprint density at radius 3 is 1.83 bits per heavy atom. The van der Waals surface area contributed by atoms with Crippen LogP contribution >= 0.6 is 46.4 Å². The molecule has 0 saturated carbocycles. The Morgan fingerprint density at radius 1 is 0.724 bits per heavy atom. The Bertz CT molecular complexity index is 1170. The van der Waals surface area contributed by atoms with E-state index in [-0.39, 0.29) is 31.8 Å². The molecule has 0 aliphatic rings. The highest BCUT2D eigenvalue weighted by molar-refractivity contribution is 7.87. The predicted octanol–water partition coefficient (Wildman–Crippen LogP) is 5.89. The second kappa shape index (κ2) is 7.87. The van der Waals surface area contributed by atoms with Crippen molar-refractivity contribution in [1.82, 2.24) is 0 Å². The average Bonchev–Trinajstić information content (AvgIpc) is 2.60. The zero-order valence-electron chi connectivity index (χ0n) is 14.3. The molecule has 152 valence electrons. The molecule has 3 aromatic rings. The Labute approximate surface area is 186 Å². The summed E-state index contributed by atoms with van der Waals surface area (Å²) in [5.41, 5.74) is -0.398. The van der Waals surface area contributed by atoms with Crippen molar-refractivity contribution in [2.24, 2.45) is 0 Å². The molecule has 1 unspecified atom stereocenters. The first-order valence-electron chi connectivity index (χ1n) is 7.89. The lowest BCUT2D eigenvalue weighted by Crippen LogP contribution is -2.38. The van der Waals surface area contributed by atoms with Crippen molar-refractivity contribution in [1.29, 1.82) is 0 Å². The van der Waals surface area contributed by atoms with E-state index in [1.807, 2.05) is 0 Å². The van der Waals surface area contributed by atoms with E-state index in [1.54, 1.807) is 0 Å². The first-order valence-corrected chi connectivity index (χ1v) is 10.8. The fourth-order valence-electron chi connectivity index (χ4n) is 3.21. The minimum absolute atomic E-state index is 0.0144. The van der Waals surface area contributed by atoms with Crippen LogP contribution in [0.2, 0.25) is 20.1 Å². The van der Waals surface area contributed by atoms with Gasteiger partial charge in [-0.2, -0.15) is 8.42 Å². The summed E-state index contributed by atoms with van der Waals surface area (Å²) in [6.07, 6.45) is 0. The van der Waals surface area contributed by atoms with Gasteiger partial charge in [0.25, 0.3) is 10.1 Å². The first kappa shape index (κ1) is 22.0. The molecule has 0 aliphatic carbocycles. The van der Waals surface area contributed by atoms with Gasteiger partial charge in [-0.3, -0.25) is 4.55 Å². The van der Waals surface area contributed by atoms with Gasteiger partial charge in [0.15, 0.2) is 4.75 Å². The van der Waals surface area contributed by atoms with Crippen molar-refractivity contribution >= 4 is 56.5 Å². The minimum Gasteiger partial charge on any atom is -0.508 e. The van der Waals surface area contributed by atoms with Crippen LogP contribution in [0.15, 0.2) is 54.6 Å². The molecule has 1 atom stereocenters. The van der Waals surface area contributed by atoms with Crippen molar-refractivity contribution < 1.29 is 23.2 Å². The fraction of sp³-hybridized carbons (Fsp3) is 0.0526. The van der Waals surface area contributed by atoms with Crippen LogP contribution in [0.5, 0.6) is 11.5 Å². The molecule has 29 heavy (non-hydrogen) atoms. The number of phenols is 2. The zero-order valence-corrected chi connectivity index (χ0v) is 18.1. The lowest BCUT2D eigenvalue weighted by Gasteiger charge is -2.34. The molecule has 3 rings (SSSR count). The summed E-state index contributed by atoms with van der Waals surface area (Å²) >= 11 is 24.3. The Morgan fingerprint density at radius 2 is 1.31 bits per heavy atom. The number of benzene rings is 3. The molecule has 3 aromatic carbocycles. The lowest BCUT2D eigenvalue weighted by atomic mass is 9.83. The van der Waals surface area contributed by atoms with Crippen LogP contribution < -0.4 is 0 Å². The number of rotatable bonds is 4. The third-order valence-electron chi connectivity index (χ3n) is 4.37. The van der Waals surface area contributed by atoms with E-state index >= 15 is 0 Å². The fourth-order valence-corrected chi connectivity index (χ4v) is 5.37. The van der Waals surface area contributed by atoms with E-state index in [0.29, 0.717) is 5.02 Å². The maximum absolute atomic E-state index is 12.9. The first-order chi connectivity index (χ1) is 13.5. The number of hydrogen-bond donors (Lipinski definition) is 3. The van der Waals surface area contributed by atoms with Gasteiger partial charge in [0, 0.05) is 16.7 Å². The van der Waals surface area contributed by atoms with Gasteiger partial charge in [-0.15, -0.1) is 0 Å². The zero-order chi connectivity index (χ0) is 21.6. The van der Waals surface area contributed by atoms with Gasteiger partial charge in [-0.1, -0.05) is 64.6 Å². The Kier molecular flexibility index (Phi) is 5.98. The highest BCUT2D eigenvalue weighted by Gasteiger charge is 2.51. The molecule has 10 heteroatoms. The van der Waals surface area contributed by atoms with Crippen LogP contribution in [-0.2, 0) is 14.9 Å². The summed E-state index contributed by atoms with van der Waals surface area (Å²) in [6.45, 7) is 0. The van der Waals surface area contributed by atoms with Gasteiger partial charge in [0.1, 0.15) is 11.5 Å². The highest BCUT2D eigenvalue weighted by atomic mass is 35.5. The molecular formula is C19H12Cl4O5S. The van der Waals surface area contributed by atoms with Crippen molar-refractivity contribution in [3.05, 3.63) is 91.4 Å². The van der Waals surface area contributed by atoms with E-state index < -0.39 is 26.4 Å². The number of aromatic hydroxyl groups is 2. The van der Waals surface area contributed by atoms with Gasteiger partial charge in [-0.25, -0.2) is 0 Å². The quantitative estimate of drug-likeness (QED) is 0.311. The van der Waals surface area contributed by atoms with Crippen molar-refractivity contribution in [3.63, 3.8) is 0 Å². The molecule has 0 spiro atoms. The monoisotopic (exact) mass is 492 g/mol.